The first kappa shape index (κ1) is 21.8. The van der Waals surface area contributed by atoms with Crippen LogP contribution in [0, 0.1) is 6.92 Å². The molecule has 2 aromatic carbocycles. The molecular weight excluding hydrogens is 404 g/mol. The number of sulfonamides is 1. The van der Waals surface area contributed by atoms with E-state index in [1.54, 1.807) is 37.3 Å². The average molecular weight is 427 g/mol. The Morgan fingerprint density at radius 3 is 2.43 bits per heavy atom. The predicted octanol–water partition coefficient (Wildman–Crippen LogP) is 3.46. The minimum absolute atomic E-state index is 0.204. The summed E-state index contributed by atoms with van der Waals surface area (Å²) in [6, 6.07) is 8.78. The third kappa shape index (κ3) is 4.69. The molecule has 28 heavy (non-hydrogen) atoms. The van der Waals surface area contributed by atoms with Crippen LogP contribution in [0.5, 0.6) is 11.5 Å². The van der Waals surface area contributed by atoms with Crippen molar-refractivity contribution in [2.75, 3.05) is 30.1 Å². The van der Waals surface area contributed by atoms with Crippen LogP contribution in [-0.4, -0.2) is 40.8 Å². The highest BCUT2D eigenvalue weighted by atomic mass is 35.5. The van der Waals surface area contributed by atoms with Crippen LogP contribution >= 0.6 is 11.6 Å². The first-order chi connectivity index (χ1) is 13.1. The van der Waals surface area contributed by atoms with Gasteiger partial charge in [-0.05, 0) is 43.7 Å². The summed E-state index contributed by atoms with van der Waals surface area (Å²) in [5, 5.41) is 3.24. The van der Waals surface area contributed by atoms with Crippen molar-refractivity contribution in [3.8, 4) is 11.5 Å². The molecule has 0 radical (unpaired) electrons. The summed E-state index contributed by atoms with van der Waals surface area (Å²) in [4.78, 5) is 12.9. The standard InChI is InChI=1S/C19H23ClN2O5S/c1-12-15(20)7-6-8-16(12)21-19(23)13(2)22(28(5,24)25)17-11-14(26-3)9-10-18(17)27-4/h6-11,13H,1-5H3,(H,21,23). The normalized spacial score (nSPS) is 12.2. The summed E-state index contributed by atoms with van der Waals surface area (Å²) < 4.78 is 36.6. The molecule has 0 saturated carbocycles. The highest BCUT2D eigenvalue weighted by molar-refractivity contribution is 7.92. The van der Waals surface area contributed by atoms with Crippen LogP contribution in [-0.2, 0) is 14.8 Å². The van der Waals surface area contributed by atoms with Gasteiger partial charge in [0.25, 0.3) is 0 Å². The van der Waals surface area contributed by atoms with Gasteiger partial charge in [0.05, 0.1) is 26.2 Å². The minimum Gasteiger partial charge on any atom is -0.497 e. The molecule has 0 saturated heterocycles. The van der Waals surface area contributed by atoms with E-state index in [0.29, 0.717) is 27.8 Å². The maximum absolute atomic E-state index is 12.9. The molecule has 0 heterocycles. The molecule has 0 aliphatic carbocycles. The van der Waals surface area contributed by atoms with E-state index < -0.39 is 22.0 Å². The fourth-order valence-electron chi connectivity index (χ4n) is 2.73. The molecule has 2 rings (SSSR count). The summed E-state index contributed by atoms with van der Waals surface area (Å²) in [5.74, 6) is 0.216. The van der Waals surface area contributed by atoms with E-state index in [9.17, 15) is 13.2 Å². The second-order valence-corrected chi connectivity index (χ2v) is 8.44. The lowest BCUT2D eigenvalue weighted by atomic mass is 10.2. The van der Waals surface area contributed by atoms with E-state index in [1.807, 2.05) is 0 Å². The number of carbonyl (C=O) groups excluding carboxylic acids is 1. The maximum atomic E-state index is 12.9. The number of benzene rings is 2. The Hall–Kier alpha value is -2.45. The van der Waals surface area contributed by atoms with Gasteiger partial charge in [0, 0.05) is 16.8 Å². The predicted molar refractivity (Wildman–Crippen MR) is 111 cm³/mol. The lowest BCUT2D eigenvalue weighted by molar-refractivity contribution is -0.116. The van der Waals surface area contributed by atoms with Gasteiger partial charge in [-0.2, -0.15) is 0 Å². The fourth-order valence-corrected chi connectivity index (χ4v) is 4.07. The molecule has 0 aliphatic heterocycles. The highest BCUT2D eigenvalue weighted by Crippen LogP contribution is 2.35. The van der Waals surface area contributed by atoms with Gasteiger partial charge in [0.15, 0.2) is 0 Å². The molecule has 1 N–H and O–H groups in total. The number of anilines is 2. The van der Waals surface area contributed by atoms with Crippen molar-refractivity contribution in [2.24, 2.45) is 0 Å². The second kappa shape index (κ2) is 8.70. The zero-order chi connectivity index (χ0) is 21.1. The smallest absolute Gasteiger partial charge is 0.248 e. The quantitative estimate of drug-likeness (QED) is 0.732. The van der Waals surface area contributed by atoms with Crippen molar-refractivity contribution in [3.63, 3.8) is 0 Å². The molecule has 9 heteroatoms. The first-order valence-corrected chi connectivity index (χ1v) is 10.6. The van der Waals surface area contributed by atoms with E-state index >= 15 is 0 Å². The van der Waals surface area contributed by atoms with Crippen LogP contribution < -0.4 is 19.1 Å². The number of ether oxygens (including phenoxy) is 2. The van der Waals surface area contributed by atoms with Gasteiger partial charge in [0.2, 0.25) is 15.9 Å². The highest BCUT2D eigenvalue weighted by Gasteiger charge is 2.32. The van der Waals surface area contributed by atoms with Crippen LogP contribution in [0.15, 0.2) is 36.4 Å². The van der Waals surface area contributed by atoms with Crippen molar-refractivity contribution < 1.29 is 22.7 Å². The number of hydrogen-bond donors (Lipinski definition) is 1. The molecule has 1 atom stereocenters. The Morgan fingerprint density at radius 1 is 1.18 bits per heavy atom. The molecule has 0 bridgehead atoms. The van der Waals surface area contributed by atoms with Crippen molar-refractivity contribution in [2.45, 2.75) is 19.9 Å². The van der Waals surface area contributed by atoms with Crippen LogP contribution in [0.4, 0.5) is 11.4 Å². The van der Waals surface area contributed by atoms with E-state index in [1.165, 1.54) is 27.2 Å². The Balaban J connectivity index is 2.46. The van der Waals surface area contributed by atoms with Gasteiger partial charge in [-0.25, -0.2) is 8.42 Å². The molecule has 0 aromatic heterocycles. The summed E-state index contributed by atoms with van der Waals surface area (Å²) in [7, 11) is -0.930. The molecule has 0 aliphatic rings. The third-order valence-electron chi connectivity index (χ3n) is 4.24. The Bertz CT molecular complexity index is 978. The van der Waals surface area contributed by atoms with Crippen molar-refractivity contribution in [1.29, 1.82) is 0 Å². The van der Waals surface area contributed by atoms with E-state index in [-0.39, 0.29) is 5.69 Å². The van der Waals surface area contributed by atoms with Gasteiger partial charge in [-0.1, -0.05) is 17.7 Å². The maximum Gasteiger partial charge on any atom is 0.248 e. The zero-order valence-electron chi connectivity index (χ0n) is 16.3. The summed E-state index contributed by atoms with van der Waals surface area (Å²) >= 11 is 6.09. The lowest BCUT2D eigenvalue weighted by Gasteiger charge is -2.29. The van der Waals surface area contributed by atoms with Crippen LogP contribution in [0.1, 0.15) is 12.5 Å². The zero-order valence-corrected chi connectivity index (χ0v) is 17.9. The van der Waals surface area contributed by atoms with Gasteiger partial charge in [-0.15, -0.1) is 0 Å². The Kier molecular flexibility index (Phi) is 6.79. The van der Waals surface area contributed by atoms with Gasteiger partial charge in [0.1, 0.15) is 17.5 Å². The Morgan fingerprint density at radius 2 is 1.86 bits per heavy atom. The van der Waals surface area contributed by atoms with Crippen LogP contribution in [0.3, 0.4) is 0 Å². The van der Waals surface area contributed by atoms with E-state index in [4.69, 9.17) is 21.1 Å². The number of rotatable bonds is 7. The number of methoxy groups -OCH3 is 2. The van der Waals surface area contributed by atoms with Crippen molar-refractivity contribution >= 4 is 38.9 Å². The third-order valence-corrected chi connectivity index (χ3v) is 5.87. The number of carbonyl (C=O) groups is 1. The largest absolute Gasteiger partial charge is 0.497 e. The summed E-state index contributed by atoms with van der Waals surface area (Å²) in [6.07, 6.45) is 1.03. The van der Waals surface area contributed by atoms with Gasteiger partial charge < -0.3 is 14.8 Å². The number of nitrogens with one attached hydrogen (secondary N) is 1. The number of amides is 1. The Labute approximate surface area is 170 Å². The molecule has 1 unspecified atom stereocenters. The minimum atomic E-state index is -3.82. The SMILES string of the molecule is COc1ccc(OC)c(N(C(C)C(=O)Nc2cccc(Cl)c2C)S(C)(=O)=O)c1. The topological polar surface area (TPSA) is 84.9 Å². The van der Waals surface area contributed by atoms with Crippen LogP contribution in [0.2, 0.25) is 5.02 Å². The molecule has 1 amide bonds. The molecule has 0 spiro atoms. The number of halogens is 1. The van der Waals surface area contributed by atoms with E-state index in [2.05, 4.69) is 5.32 Å². The average Bonchev–Trinajstić information content (AvgIpc) is 2.64. The lowest BCUT2D eigenvalue weighted by Crippen LogP contribution is -2.45. The molecule has 7 nitrogen and oxygen atoms in total. The monoisotopic (exact) mass is 426 g/mol. The van der Waals surface area contributed by atoms with Gasteiger partial charge >= 0.3 is 0 Å². The van der Waals surface area contributed by atoms with Crippen molar-refractivity contribution in [1.82, 2.24) is 0 Å². The van der Waals surface area contributed by atoms with Crippen LogP contribution in [0.25, 0.3) is 0 Å². The first-order valence-electron chi connectivity index (χ1n) is 8.37. The summed E-state index contributed by atoms with van der Waals surface area (Å²) in [5.41, 5.74) is 1.40. The van der Waals surface area contributed by atoms with E-state index in [0.717, 1.165) is 10.6 Å². The fraction of sp³-hybridized carbons (Fsp3) is 0.316. The summed E-state index contributed by atoms with van der Waals surface area (Å²) in [6.45, 7) is 3.26. The number of nitrogens with zero attached hydrogens (tertiary/aromatic N) is 1. The molecule has 152 valence electrons. The van der Waals surface area contributed by atoms with Crippen molar-refractivity contribution in [3.05, 3.63) is 47.0 Å². The molecule has 2 aromatic rings. The number of hydrogen-bond acceptors (Lipinski definition) is 5. The molecular formula is C19H23ClN2O5S. The van der Waals surface area contributed by atoms with Gasteiger partial charge in [-0.3, -0.25) is 9.10 Å². The second-order valence-electron chi connectivity index (χ2n) is 6.17. The molecule has 0 fully saturated rings.